The van der Waals surface area contributed by atoms with Gasteiger partial charge in [-0.1, -0.05) is 12.1 Å². The first kappa shape index (κ1) is 13.7. The van der Waals surface area contributed by atoms with Crippen molar-refractivity contribution in [3.8, 4) is 11.5 Å². The molecule has 20 heavy (non-hydrogen) atoms. The molecule has 2 aliphatic rings. The maximum Gasteiger partial charge on any atom is 0.161 e. The molecule has 2 saturated carbocycles. The molecule has 0 aromatic heterocycles. The van der Waals surface area contributed by atoms with E-state index in [4.69, 9.17) is 9.47 Å². The Kier molecular flexibility index (Phi) is 3.88. The zero-order valence-corrected chi connectivity index (χ0v) is 12.2. The Morgan fingerprint density at radius 2 is 1.80 bits per heavy atom. The van der Waals surface area contributed by atoms with Crippen molar-refractivity contribution >= 4 is 0 Å². The number of rotatable bonds is 7. The van der Waals surface area contributed by atoms with E-state index in [2.05, 4.69) is 0 Å². The summed E-state index contributed by atoms with van der Waals surface area (Å²) in [6.45, 7) is 3.58. The summed E-state index contributed by atoms with van der Waals surface area (Å²) in [5.74, 6) is 3.39. The van der Waals surface area contributed by atoms with Gasteiger partial charge < -0.3 is 14.6 Å². The fourth-order valence-electron chi connectivity index (χ4n) is 3.64. The lowest BCUT2D eigenvalue weighted by Gasteiger charge is -2.28. The Hall–Kier alpha value is -1.22. The highest BCUT2D eigenvalue weighted by Crippen LogP contribution is 2.60. The van der Waals surface area contributed by atoms with Crippen molar-refractivity contribution in [1.29, 1.82) is 0 Å². The molecule has 0 aliphatic heterocycles. The minimum absolute atomic E-state index is 0.119. The van der Waals surface area contributed by atoms with Crippen LogP contribution in [0.25, 0.3) is 0 Å². The predicted octanol–water partition coefficient (Wildman–Crippen LogP) is 3.26. The molecular formula is C17H24O3. The fourth-order valence-corrected chi connectivity index (χ4v) is 3.64. The molecule has 0 heterocycles. The van der Waals surface area contributed by atoms with Gasteiger partial charge in [0.25, 0.3) is 0 Å². The molecule has 2 aliphatic carbocycles. The molecule has 2 atom stereocenters. The van der Waals surface area contributed by atoms with Crippen molar-refractivity contribution in [3.63, 3.8) is 0 Å². The monoisotopic (exact) mass is 276 g/mol. The Balaban J connectivity index is 1.54. The van der Waals surface area contributed by atoms with Gasteiger partial charge in [-0.25, -0.2) is 0 Å². The van der Waals surface area contributed by atoms with E-state index in [-0.39, 0.29) is 5.41 Å². The molecule has 1 aromatic rings. The van der Waals surface area contributed by atoms with Crippen LogP contribution in [0.3, 0.4) is 0 Å². The number of benzene rings is 1. The van der Waals surface area contributed by atoms with Gasteiger partial charge in [-0.05, 0) is 62.0 Å². The topological polar surface area (TPSA) is 38.7 Å². The van der Waals surface area contributed by atoms with Gasteiger partial charge in [0, 0.05) is 6.61 Å². The van der Waals surface area contributed by atoms with Crippen LogP contribution in [-0.2, 0) is 0 Å². The van der Waals surface area contributed by atoms with Crippen LogP contribution in [0, 0.1) is 17.3 Å². The molecule has 0 saturated heterocycles. The predicted molar refractivity (Wildman–Crippen MR) is 78.1 cm³/mol. The van der Waals surface area contributed by atoms with E-state index in [9.17, 15) is 5.11 Å². The van der Waals surface area contributed by atoms with Crippen molar-refractivity contribution in [2.45, 2.75) is 32.6 Å². The quantitative estimate of drug-likeness (QED) is 0.830. The van der Waals surface area contributed by atoms with Gasteiger partial charge in [-0.3, -0.25) is 0 Å². The molecule has 3 nitrogen and oxygen atoms in total. The fraction of sp³-hybridized carbons (Fsp3) is 0.647. The first-order valence-electron chi connectivity index (χ1n) is 7.72. The Morgan fingerprint density at radius 3 is 2.40 bits per heavy atom. The highest BCUT2D eigenvalue weighted by molar-refractivity contribution is 5.39. The van der Waals surface area contributed by atoms with Crippen LogP contribution in [0.5, 0.6) is 11.5 Å². The van der Waals surface area contributed by atoms with Gasteiger partial charge in [-0.15, -0.1) is 0 Å². The third kappa shape index (κ3) is 2.78. The third-order valence-corrected chi connectivity index (χ3v) is 4.83. The van der Waals surface area contributed by atoms with Gasteiger partial charge in [0.15, 0.2) is 11.5 Å². The van der Waals surface area contributed by atoms with E-state index in [1.165, 1.54) is 19.3 Å². The maximum atomic E-state index is 9.71. The van der Waals surface area contributed by atoms with Gasteiger partial charge >= 0.3 is 0 Å². The van der Waals surface area contributed by atoms with E-state index in [1.807, 2.05) is 31.2 Å². The number of aliphatic hydroxyl groups excluding tert-OH is 1. The number of para-hydroxylation sites is 2. The van der Waals surface area contributed by atoms with E-state index in [0.717, 1.165) is 29.8 Å². The third-order valence-electron chi connectivity index (χ3n) is 4.83. The lowest BCUT2D eigenvalue weighted by atomic mass is 9.81. The van der Waals surface area contributed by atoms with Crippen LogP contribution in [0.4, 0.5) is 0 Å². The number of fused-ring (bicyclic) bond motifs is 1. The van der Waals surface area contributed by atoms with Crippen LogP contribution >= 0.6 is 0 Å². The number of aliphatic hydroxyl groups is 1. The van der Waals surface area contributed by atoms with E-state index in [1.54, 1.807) is 0 Å². The molecule has 110 valence electrons. The lowest BCUT2D eigenvalue weighted by Crippen LogP contribution is -2.26. The Morgan fingerprint density at radius 1 is 1.15 bits per heavy atom. The van der Waals surface area contributed by atoms with Crippen LogP contribution in [0.1, 0.15) is 32.6 Å². The second-order valence-electron chi connectivity index (χ2n) is 6.30. The summed E-state index contributed by atoms with van der Waals surface area (Å²) in [6, 6.07) is 7.80. The first-order chi connectivity index (χ1) is 9.76. The lowest BCUT2D eigenvalue weighted by molar-refractivity contribution is 0.0884. The SMILES string of the molecule is CCOc1ccccc1OCCC1(CO)CC2CC2C1. The van der Waals surface area contributed by atoms with Crippen molar-refractivity contribution in [2.75, 3.05) is 19.8 Å². The second-order valence-corrected chi connectivity index (χ2v) is 6.30. The van der Waals surface area contributed by atoms with Crippen molar-refractivity contribution in [2.24, 2.45) is 17.3 Å². The average molecular weight is 276 g/mol. The van der Waals surface area contributed by atoms with Gasteiger partial charge in [0.1, 0.15) is 0 Å². The number of hydrogen-bond donors (Lipinski definition) is 1. The summed E-state index contributed by atoms with van der Waals surface area (Å²) in [5, 5.41) is 9.71. The number of ether oxygens (including phenoxy) is 2. The molecule has 2 unspecified atom stereocenters. The molecule has 0 radical (unpaired) electrons. The average Bonchev–Trinajstić information content (AvgIpc) is 3.09. The summed E-state index contributed by atoms with van der Waals surface area (Å²) >= 11 is 0. The summed E-state index contributed by atoms with van der Waals surface area (Å²) in [4.78, 5) is 0. The molecule has 1 N–H and O–H groups in total. The highest BCUT2D eigenvalue weighted by Gasteiger charge is 2.53. The molecule has 3 rings (SSSR count). The minimum Gasteiger partial charge on any atom is -0.490 e. The molecule has 0 amide bonds. The summed E-state index contributed by atoms with van der Waals surface area (Å²) < 4.78 is 11.5. The standard InChI is InChI=1S/C17H24O3/c1-2-19-15-5-3-4-6-16(15)20-8-7-17(12-18)10-13-9-14(13)11-17/h3-6,13-14,18H,2,7-12H2,1H3. The molecule has 1 aromatic carbocycles. The highest BCUT2D eigenvalue weighted by atomic mass is 16.5. The zero-order chi connectivity index (χ0) is 14.0. The van der Waals surface area contributed by atoms with Gasteiger partial charge in [0.2, 0.25) is 0 Å². The maximum absolute atomic E-state index is 9.71. The number of hydrogen-bond acceptors (Lipinski definition) is 3. The minimum atomic E-state index is 0.119. The summed E-state index contributed by atoms with van der Waals surface area (Å²) in [7, 11) is 0. The zero-order valence-electron chi connectivity index (χ0n) is 12.2. The van der Waals surface area contributed by atoms with Crippen LogP contribution in [0.15, 0.2) is 24.3 Å². The van der Waals surface area contributed by atoms with Crippen molar-refractivity contribution in [3.05, 3.63) is 24.3 Å². The molecule has 3 heteroatoms. The molecular weight excluding hydrogens is 252 g/mol. The van der Waals surface area contributed by atoms with E-state index < -0.39 is 0 Å². The Bertz CT molecular complexity index is 447. The smallest absolute Gasteiger partial charge is 0.161 e. The largest absolute Gasteiger partial charge is 0.490 e. The summed E-state index contributed by atoms with van der Waals surface area (Å²) in [5.41, 5.74) is 0.119. The molecule has 0 bridgehead atoms. The first-order valence-corrected chi connectivity index (χ1v) is 7.72. The van der Waals surface area contributed by atoms with Gasteiger partial charge in [-0.2, -0.15) is 0 Å². The van der Waals surface area contributed by atoms with E-state index >= 15 is 0 Å². The van der Waals surface area contributed by atoms with Gasteiger partial charge in [0.05, 0.1) is 13.2 Å². The molecule has 0 spiro atoms. The van der Waals surface area contributed by atoms with E-state index in [0.29, 0.717) is 19.8 Å². The van der Waals surface area contributed by atoms with Crippen LogP contribution < -0.4 is 9.47 Å². The van der Waals surface area contributed by atoms with Crippen LogP contribution in [-0.4, -0.2) is 24.9 Å². The van der Waals surface area contributed by atoms with Crippen molar-refractivity contribution < 1.29 is 14.6 Å². The second kappa shape index (κ2) is 5.65. The molecule has 2 fully saturated rings. The normalized spacial score (nSPS) is 30.9. The Labute approximate surface area is 120 Å². The van der Waals surface area contributed by atoms with Crippen LogP contribution in [0.2, 0.25) is 0 Å². The van der Waals surface area contributed by atoms with Crippen molar-refractivity contribution in [1.82, 2.24) is 0 Å². The summed E-state index contributed by atoms with van der Waals surface area (Å²) in [6.07, 6.45) is 4.70.